The lowest BCUT2D eigenvalue weighted by molar-refractivity contribution is -0.141. The maximum Gasteiger partial charge on any atom is 0.327 e. The zero-order chi connectivity index (χ0) is 18.7. The van der Waals surface area contributed by atoms with Gasteiger partial charge in [-0.1, -0.05) is 0 Å². The van der Waals surface area contributed by atoms with E-state index in [0.717, 1.165) is 22.4 Å². The molecule has 2 heterocycles. The number of aryl methyl sites for hydroxylation is 1. The summed E-state index contributed by atoms with van der Waals surface area (Å²) in [7, 11) is 1.34. The van der Waals surface area contributed by atoms with Crippen LogP contribution in [-0.2, 0) is 16.1 Å². The van der Waals surface area contributed by atoms with Gasteiger partial charge in [0.25, 0.3) is 0 Å². The van der Waals surface area contributed by atoms with Crippen molar-refractivity contribution < 1.29 is 14.3 Å². The van der Waals surface area contributed by atoms with E-state index in [1.807, 2.05) is 39.0 Å². The number of esters is 1. The van der Waals surface area contributed by atoms with E-state index in [4.69, 9.17) is 4.74 Å². The molecule has 0 bridgehead atoms. The summed E-state index contributed by atoms with van der Waals surface area (Å²) in [6.07, 6.45) is 3.18. The Hall–Kier alpha value is -3.16. The quantitative estimate of drug-likeness (QED) is 0.680. The Bertz CT molecular complexity index is 936. The van der Waals surface area contributed by atoms with Crippen molar-refractivity contribution in [1.29, 1.82) is 0 Å². The molecule has 0 atom stereocenters. The van der Waals surface area contributed by atoms with Crippen LogP contribution in [0.2, 0.25) is 0 Å². The van der Waals surface area contributed by atoms with Crippen LogP contribution in [0.5, 0.6) is 5.75 Å². The number of aromatic nitrogens is 4. The van der Waals surface area contributed by atoms with Gasteiger partial charge < -0.3 is 14.8 Å². The predicted octanol–water partition coefficient (Wildman–Crippen LogP) is 2.84. The van der Waals surface area contributed by atoms with Crippen molar-refractivity contribution in [2.75, 3.05) is 12.4 Å². The number of fused-ring (bicyclic) bond motifs is 1. The minimum atomic E-state index is -0.389. The maximum atomic E-state index is 11.5. The second-order valence-electron chi connectivity index (χ2n) is 6.11. The Morgan fingerprint density at radius 2 is 2.12 bits per heavy atom. The highest BCUT2D eigenvalue weighted by Gasteiger charge is 2.13. The molecule has 0 saturated carbocycles. The molecule has 0 amide bonds. The second-order valence-corrected chi connectivity index (χ2v) is 6.11. The number of anilines is 2. The molecule has 136 valence electrons. The van der Waals surface area contributed by atoms with Crippen LogP contribution in [0.1, 0.15) is 19.4 Å². The van der Waals surface area contributed by atoms with E-state index in [1.54, 1.807) is 6.20 Å². The molecular formula is C18H21N5O3. The number of nitrogens with zero attached hydrogens (tertiary/aromatic N) is 4. The number of rotatable bonds is 6. The molecular weight excluding hydrogens is 334 g/mol. The van der Waals surface area contributed by atoms with Crippen molar-refractivity contribution in [3.05, 3.63) is 36.3 Å². The fourth-order valence-electron chi connectivity index (χ4n) is 2.55. The van der Waals surface area contributed by atoms with Gasteiger partial charge in [-0.2, -0.15) is 5.10 Å². The van der Waals surface area contributed by atoms with Gasteiger partial charge in [0.15, 0.2) is 5.65 Å². The number of hydrogen-bond acceptors (Lipinski definition) is 7. The molecule has 0 saturated heterocycles. The van der Waals surface area contributed by atoms with Crippen molar-refractivity contribution in [3.63, 3.8) is 0 Å². The molecule has 0 unspecified atom stereocenters. The second kappa shape index (κ2) is 7.38. The van der Waals surface area contributed by atoms with E-state index >= 15 is 0 Å². The van der Waals surface area contributed by atoms with Crippen LogP contribution in [0, 0.1) is 6.92 Å². The van der Waals surface area contributed by atoms with Gasteiger partial charge in [-0.3, -0.25) is 4.79 Å². The van der Waals surface area contributed by atoms with Crippen molar-refractivity contribution in [3.8, 4) is 5.75 Å². The Balaban J connectivity index is 1.87. The largest absolute Gasteiger partial charge is 0.491 e. The SMILES string of the molecule is COC(=O)Cn1ncc2c(Nc3ccc(OC(C)C)c(C)c3)ncnc21. The Morgan fingerprint density at radius 1 is 1.31 bits per heavy atom. The molecule has 8 heteroatoms. The first-order valence-electron chi connectivity index (χ1n) is 8.25. The lowest BCUT2D eigenvalue weighted by atomic mass is 10.2. The summed E-state index contributed by atoms with van der Waals surface area (Å²) in [6, 6.07) is 5.85. The van der Waals surface area contributed by atoms with Crippen molar-refractivity contribution >= 4 is 28.5 Å². The fourth-order valence-corrected chi connectivity index (χ4v) is 2.55. The summed E-state index contributed by atoms with van der Waals surface area (Å²) in [5.74, 6) is 1.08. The summed E-state index contributed by atoms with van der Waals surface area (Å²) in [4.78, 5) is 20.0. The summed E-state index contributed by atoms with van der Waals surface area (Å²) in [6.45, 7) is 5.98. The third-order valence-corrected chi connectivity index (χ3v) is 3.74. The molecule has 0 fully saturated rings. The standard InChI is InChI=1S/C18H21N5O3/c1-11(2)26-15-6-5-13(7-12(15)3)22-17-14-8-21-23(9-16(24)25-4)18(14)20-10-19-17/h5-8,10-11H,9H2,1-4H3,(H,19,20,22). The Kier molecular flexibility index (Phi) is 5.01. The van der Waals surface area contributed by atoms with Gasteiger partial charge in [-0.25, -0.2) is 14.6 Å². The number of carbonyl (C=O) groups excluding carboxylic acids is 1. The number of ether oxygens (including phenoxy) is 2. The van der Waals surface area contributed by atoms with E-state index in [1.165, 1.54) is 18.1 Å². The zero-order valence-corrected chi connectivity index (χ0v) is 15.2. The van der Waals surface area contributed by atoms with Crippen LogP contribution in [0.15, 0.2) is 30.7 Å². The van der Waals surface area contributed by atoms with Gasteiger partial charge >= 0.3 is 5.97 Å². The Morgan fingerprint density at radius 3 is 2.81 bits per heavy atom. The van der Waals surface area contributed by atoms with Crippen LogP contribution < -0.4 is 10.1 Å². The minimum absolute atomic E-state index is 0.00318. The predicted molar refractivity (Wildman–Crippen MR) is 97.6 cm³/mol. The zero-order valence-electron chi connectivity index (χ0n) is 15.2. The van der Waals surface area contributed by atoms with E-state index in [-0.39, 0.29) is 18.6 Å². The molecule has 0 aliphatic carbocycles. The summed E-state index contributed by atoms with van der Waals surface area (Å²) < 4.78 is 11.9. The number of nitrogens with one attached hydrogen (secondary N) is 1. The van der Waals surface area contributed by atoms with Crippen molar-refractivity contribution in [2.45, 2.75) is 33.4 Å². The smallest absolute Gasteiger partial charge is 0.327 e. The normalized spacial score (nSPS) is 11.0. The van der Waals surface area contributed by atoms with Crippen LogP contribution in [0.25, 0.3) is 11.0 Å². The van der Waals surface area contributed by atoms with Crippen molar-refractivity contribution in [1.82, 2.24) is 19.7 Å². The van der Waals surface area contributed by atoms with E-state index in [0.29, 0.717) is 11.5 Å². The fraction of sp³-hybridized carbons (Fsp3) is 0.333. The highest BCUT2D eigenvalue weighted by Crippen LogP contribution is 2.27. The van der Waals surface area contributed by atoms with Gasteiger partial charge in [0, 0.05) is 5.69 Å². The molecule has 1 aromatic carbocycles. The van der Waals surface area contributed by atoms with E-state index in [9.17, 15) is 4.79 Å². The van der Waals surface area contributed by atoms with Crippen LogP contribution in [0.3, 0.4) is 0 Å². The van der Waals surface area contributed by atoms with Crippen LogP contribution in [-0.4, -0.2) is 38.9 Å². The Labute approximate surface area is 151 Å². The van der Waals surface area contributed by atoms with Gasteiger partial charge in [-0.05, 0) is 44.5 Å². The van der Waals surface area contributed by atoms with Gasteiger partial charge in [0.05, 0.1) is 24.8 Å². The number of hydrogen-bond donors (Lipinski definition) is 1. The van der Waals surface area contributed by atoms with E-state index in [2.05, 4.69) is 25.1 Å². The molecule has 0 radical (unpaired) electrons. The van der Waals surface area contributed by atoms with Crippen molar-refractivity contribution in [2.24, 2.45) is 0 Å². The molecule has 2 aromatic heterocycles. The minimum Gasteiger partial charge on any atom is -0.491 e. The summed E-state index contributed by atoms with van der Waals surface area (Å²) >= 11 is 0. The summed E-state index contributed by atoms with van der Waals surface area (Å²) in [5, 5.41) is 8.19. The first-order valence-corrected chi connectivity index (χ1v) is 8.25. The number of methoxy groups -OCH3 is 1. The molecule has 0 aliphatic heterocycles. The monoisotopic (exact) mass is 355 g/mol. The summed E-state index contributed by atoms with van der Waals surface area (Å²) in [5.41, 5.74) is 2.46. The molecule has 3 aromatic rings. The maximum absolute atomic E-state index is 11.5. The third-order valence-electron chi connectivity index (χ3n) is 3.74. The molecule has 0 aliphatic rings. The molecule has 0 spiro atoms. The highest BCUT2D eigenvalue weighted by atomic mass is 16.5. The molecule has 8 nitrogen and oxygen atoms in total. The van der Waals surface area contributed by atoms with Gasteiger partial charge in [-0.15, -0.1) is 0 Å². The average Bonchev–Trinajstić information content (AvgIpc) is 3.01. The number of benzene rings is 1. The highest BCUT2D eigenvalue weighted by molar-refractivity contribution is 5.88. The average molecular weight is 355 g/mol. The molecule has 3 rings (SSSR count). The topological polar surface area (TPSA) is 91.2 Å². The van der Waals surface area contributed by atoms with Crippen LogP contribution >= 0.6 is 0 Å². The lowest BCUT2D eigenvalue weighted by Crippen LogP contribution is -2.13. The number of carbonyl (C=O) groups is 1. The lowest BCUT2D eigenvalue weighted by Gasteiger charge is -2.14. The first kappa shape index (κ1) is 17.7. The van der Waals surface area contributed by atoms with E-state index < -0.39 is 0 Å². The molecule has 26 heavy (non-hydrogen) atoms. The van der Waals surface area contributed by atoms with Gasteiger partial charge in [0.1, 0.15) is 24.4 Å². The molecule has 1 N–H and O–H groups in total. The third kappa shape index (κ3) is 3.74. The first-order chi connectivity index (χ1) is 12.5. The van der Waals surface area contributed by atoms with Gasteiger partial charge in [0.2, 0.25) is 0 Å². The van der Waals surface area contributed by atoms with Crippen LogP contribution in [0.4, 0.5) is 11.5 Å².